The van der Waals surface area contributed by atoms with Crippen LogP contribution in [0.4, 0.5) is 4.39 Å². The van der Waals surface area contributed by atoms with Crippen LogP contribution < -0.4 is 14.8 Å². The molecule has 1 aromatic heterocycles. The molecule has 156 valence electrons. The Morgan fingerprint density at radius 1 is 1.17 bits per heavy atom. The molecule has 0 bridgehead atoms. The summed E-state index contributed by atoms with van der Waals surface area (Å²) in [7, 11) is 0. The number of nitrogens with zero attached hydrogens (tertiary/aromatic N) is 2. The second kappa shape index (κ2) is 7.82. The van der Waals surface area contributed by atoms with E-state index in [9.17, 15) is 9.18 Å². The first kappa shape index (κ1) is 19.9. The first-order valence-electron chi connectivity index (χ1n) is 9.85. The maximum Gasteiger partial charge on any atom is 0.254 e. The van der Waals surface area contributed by atoms with E-state index in [1.54, 1.807) is 25.1 Å². The Balaban J connectivity index is 1.49. The summed E-state index contributed by atoms with van der Waals surface area (Å²) in [6.07, 6.45) is 1.47. The van der Waals surface area contributed by atoms with E-state index >= 15 is 0 Å². The summed E-state index contributed by atoms with van der Waals surface area (Å²) in [4.78, 5) is 12.8. The monoisotopic (exact) mass is 409 g/mol. The molecule has 1 N–H and O–H groups in total. The molecule has 6 nitrogen and oxygen atoms in total. The lowest BCUT2D eigenvalue weighted by molar-refractivity contribution is 0.0945. The number of fused-ring (bicyclic) bond motifs is 1. The first-order valence-corrected chi connectivity index (χ1v) is 9.85. The molecule has 2 heterocycles. The lowest BCUT2D eigenvalue weighted by atomic mass is 9.84. The van der Waals surface area contributed by atoms with E-state index in [4.69, 9.17) is 9.47 Å². The topological polar surface area (TPSA) is 65.4 Å². The van der Waals surface area contributed by atoms with Crippen LogP contribution in [0.2, 0.25) is 0 Å². The van der Waals surface area contributed by atoms with Gasteiger partial charge in [0, 0.05) is 12.0 Å². The third-order valence-electron chi connectivity index (χ3n) is 5.35. The average Bonchev–Trinajstić information content (AvgIpc) is 3.13. The van der Waals surface area contributed by atoms with Crippen molar-refractivity contribution in [2.75, 3.05) is 19.8 Å². The zero-order valence-electron chi connectivity index (χ0n) is 17.2. The Morgan fingerprint density at radius 3 is 2.67 bits per heavy atom. The van der Waals surface area contributed by atoms with Crippen LogP contribution in [-0.2, 0) is 5.41 Å². The van der Waals surface area contributed by atoms with E-state index in [-0.39, 0.29) is 11.3 Å². The summed E-state index contributed by atoms with van der Waals surface area (Å²) in [6.45, 7) is 7.34. The fourth-order valence-corrected chi connectivity index (χ4v) is 3.46. The number of para-hydroxylation sites is 1. The molecule has 1 aliphatic heterocycles. The van der Waals surface area contributed by atoms with E-state index in [1.165, 1.54) is 16.9 Å². The van der Waals surface area contributed by atoms with Gasteiger partial charge in [-0.2, -0.15) is 5.10 Å². The molecule has 0 saturated carbocycles. The molecule has 0 atom stereocenters. The minimum atomic E-state index is -0.393. The van der Waals surface area contributed by atoms with Gasteiger partial charge in [0.15, 0.2) is 11.5 Å². The Kier molecular flexibility index (Phi) is 5.20. The molecule has 2 aromatic carbocycles. The summed E-state index contributed by atoms with van der Waals surface area (Å²) < 4.78 is 26.8. The van der Waals surface area contributed by atoms with Crippen molar-refractivity contribution in [2.24, 2.45) is 0 Å². The van der Waals surface area contributed by atoms with Crippen LogP contribution in [0.25, 0.3) is 5.69 Å². The minimum absolute atomic E-state index is 0.249. The SMILES string of the molecule is Cc1c(C(=O)NCC(C)(C)c2ccc3c(c2)OCCO3)cnn1-c1ccccc1F. The molecule has 4 rings (SSSR count). The standard InChI is InChI=1S/C23H24FN3O3/c1-15-17(13-26-27(15)19-7-5-4-6-18(19)24)22(28)25-14-23(2,3)16-8-9-20-21(12-16)30-11-10-29-20/h4-9,12-13H,10-11,14H2,1-3H3,(H,25,28). The Morgan fingerprint density at radius 2 is 1.90 bits per heavy atom. The molecule has 0 saturated heterocycles. The number of benzene rings is 2. The fraction of sp³-hybridized carbons (Fsp3) is 0.304. The number of hydrogen-bond acceptors (Lipinski definition) is 4. The van der Waals surface area contributed by atoms with Crippen LogP contribution in [0.3, 0.4) is 0 Å². The molecule has 1 amide bonds. The Labute approximate surface area is 174 Å². The van der Waals surface area contributed by atoms with E-state index in [0.717, 1.165) is 17.1 Å². The molecule has 0 aliphatic carbocycles. The molecule has 7 heteroatoms. The number of halogens is 1. The number of nitrogens with one attached hydrogen (secondary N) is 1. The molecule has 1 aliphatic rings. The van der Waals surface area contributed by atoms with Crippen molar-refractivity contribution in [3.05, 3.63) is 71.3 Å². The number of rotatable bonds is 5. The van der Waals surface area contributed by atoms with Crippen molar-refractivity contribution in [3.8, 4) is 17.2 Å². The molecular formula is C23H24FN3O3. The highest BCUT2D eigenvalue weighted by molar-refractivity contribution is 5.95. The highest BCUT2D eigenvalue weighted by Gasteiger charge is 2.25. The van der Waals surface area contributed by atoms with Gasteiger partial charge >= 0.3 is 0 Å². The first-order chi connectivity index (χ1) is 14.4. The van der Waals surface area contributed by atoms with Gasteiger partial charge in [-0.1, -0.05) is 32.0 Å². The van der Waals surface area contributed by atoms with Crippen molar-refractivity contribution in [2.45, 2.75) is 26.2 Å². The largest absolute Gasteiger partial charge is 0.486 e. The van der Waals surface area contributed by atoms with Gasteiger partial charge in [0.25, 0.3) is 5.91 Å². The van der Waals surface area contributed by atoms with Crippen molar-refractivity contribution in [1.82, 2.24) is 15.1 Å². The highest BCUT2D eigenvalue weighted by Crippen LogP contribution is 2.35. The van der Waals surface area contributed by atoms with E-state index in [2.05, 4.69) is 10.4 Å². The normalized spacial score (nSPS) is 13.2. The molecule has 3 aromatic rings. The van der Waals surface area contributed by atoms with Crippen LogP contribution in [0, 0.1) is 12.7 Å². The second-order valence-electron chi connectivity index (χ2n) is 7.93. The van der Waals surface area contributed by atoms with Crippen molar-refractivity contribution >= 4 is 5.91 Å². The highest BCUT2D eigenvalue weighted by atomic mass is 19.1. The van der Waals surface area contributed by atoms with Gasteiger partial charge in [-0.05, 0) is 36.8 Å². The number of hydrogen-bond donors (Lipinski definition) is 1. The zero-order chi connectivity index (χ0) is 21.3. The number of aromatic nitrogens is 2. The molecule has 0 unspecified atom stereocenters. The number of amides is 1. The average molecular weight is 409 g/mol. The summed E-state index contributed by atoms with van der Waals surface area (Å²) >= 11 is 0. The molecular weight excluding hydrogens is 385 g/mol. The predicted octanol–water partition coefficient (Wildman–Crippen LogP) is 3.80. The van der Waals surface area contributed by atoms with Gasteiger partial charge < -0.3 is 14.8 Å². The molecule has 0 spiro atoms. The summed E-state index contributed by atoms with van der Waals surface area (Å²) in [6, 6.07) is 12.2. The number of ether oxygens (including phenoxy) is 2. The van der Waals surface area contributed by atoms with Crippen molar-refractivity contribution in [3.63, 3.8) is 0 Å². The number of carbonyl (C=O) groups excluding carboxylic acids is 1. The maximum atomic E-state index is 14.1. The van der Waals surface area contributed by atoms with Gasteiger partial charge in [-0.25, -0.2) is 9.07 Å². The van der Waals surface area contributed by atoms with Gasteiger partial charge in [0.2, 0.25) is 0 Å². The van der Waals surface area contributed by atoms with Crippen LogP contribution in [0.15, 0.2) is 48.7 Å². The number of carbonyl (C=O) groups is 1. The third kappa shape index (κ3) is 3.75. The third-order valence-corrected chi connectivity index (χ3v) is 5.35. The smallest absolute Gasteiger partial charge is 0.254 e. The zero-order valence-corrected chi connectivity index (χ0v) is 17.2. The van der Waals surface area contributed by atoms with Gasteiger partial charge in [0.1, 0.15) is 24.7 Å². The molecule has 30 heavy (non-hydrogen) atoms. The minimum Gasteiger partial charge on any atom is -0.486 e. The van der Waals surface area contributed by atoms with Gasteiger partial charge in [0.05, 0.1) is 17.5 Å². The quantitative estimate of drug-likeness (QED) is 0.696. The van der Waals surface area contributed by atoms with Crippen LogP contribution >= 0.6 is 0 Å². The Hall–Kier alpha value is -3.35. The van der Waals surface area contributed by atoms with Crippen molar-refractivity contribution < 1.29 is 18.7 Å². The predicted molar refractivity (Wildman–Crippen MR) is 111 cm³/mol. The van der Waals surface area contributed by atoms with E-state index in [0.29, 0.717) is 36.7 Å². The lowest BCUT2D eigenvalue weighted by Gasteiger charge is -2.27. The van der Waals surface area contributed by atoms with Gasteiger partial charge in [-0.3, -0.25) is 4.79 Å². The Bertz CT molecular complexity index is 1090. The lowest BCUT2D eigenvalue weighted by Crippen LogP contribution is -2.37. The van der Waals surface area contributed by atoms with E-state index < -0.39 is 5.82 Å². The summed E-state index contributed by atoms with van der Waals surface area (Å²) in [5.41, 5.74) is 2.00. The molecule has 0 fully saturated rings. The van der Waals surface area contributed by atoms with Gasteiger partial charge in [-0.15, -0.1) is 0 Å². The summed E-state index contributed by atoms with van der Waals surface area (Å²) in [5, 5.41) is 7.18. The fourth-order valence-electron chi connectivity index (χ4n) is 3.46. The molecule has 0 radical (unpaired) electrons. The van der Waals surface area contributed by atoms with Crippen molar-refractivity contribution in [1.29, 1.82) is 0 Å². The summed E-state index contributed by atoms with van der Waals surface area (Å²) in [5.74, 6) is 0.817. The van der Waals surface area contributed by atoms with E-state index in [1.807, 2.05) is 32.0 Å². The second-order valence-corrected chi connectivity index (χ2v) is 7.93. The maximum absolute atomic E-state index is 14.1. The van der Waals surface area contributed by atoms with Crippen LogP contribution in [0.5, 0.6) is 11.5 Å². The van der Waals surface area contributed by atoms with Crippen LogP contribution in [-0.4, -0.2) is 35.4 Å². The van der Waals surface area contributed by atoms with Crippen LogP contribution in [0.1, 0.15) is 35.5 Å².